The van der Waals surface area contributed by atoms with Crippen molar-refractivity contribution < 1.29 is 4.79 Å². The first-order valence-electron chi connectivity index (χ1n) is 8.45. The number of rotatable bonds is 5. The highest BCUT2D eigenvalue weighted by molar-refractivity contribution is 6.30. The van der Waals surface area contributed by atoms with Crippen LogP contribution in [0.2, 0.25) is 5.02 Å². The predicted octanol–water partition coefficient (Wildman–Crippen LogP) is 2.23. The number of amides is 1. The minimum Gasteiger partial charge on any atom is -0.350 e. The Morgan fingerprint density at radius 1 is 1.11 bits per heavy atom. The average Bonchev–Trinajstić information content (AvgIpc) is 2.89. The summed E-state index contributed by atoms with van der Waals surface area (Å²) in [4.78, 5) is 24.3. The Morgan fingerprint density at radius 3 is 2.44 bits per heavy atom. The highest BCUT2D eigenvalue weighted by Gasteiger charge is 2.15. The van der Waals surface area contributed by atoms with Crippen LogP contribution in [0.5, 0.6) is 0 Å². The number of carbonyl (C=O) groups excluding carboxylic acids is 1. The summed E-state index contributed by atoms with van der Waals surface area (Å²) in [5.41, 5.74) is 3.83. The highest BCUT2D eigenvalue weighted by atomic mass is 35.5. The first-order valence-corrected chi connectivity index (χ1v) is 8.83. The Hall–Kier alpha value is -2.93. The second-order valence-corrected chi connectivity index (χ2v) is 6.72. The summed E-state index contributed by atoms with van der Waals surface area (Å²) in [6.07, 6.45) is 0. The van der Waals surface area contributed by atoms with E-state index < -0.39 is 0 Å². The van der Waals surface area contributed by atoms with Crippen LogP contribution in [0, 0.1) is 13.8 Å². The van der Waals surface area contributed by atoms with Gasteiger partial charge in [-0.3, -0.25) is 14.3 Å². The Labute approximate surface area is 161 Å². The van der Waals surface area contributed by atoms with Crippen LogP contribution in [0.4, 0.5) is 0 Å². The molecule has 0 saturated heterocycles. The van der Waals surface area contributed by atoms with Gasteiger partial charge < -0.3 is 5.32 Å². The summed E-state index contributed by atoms with van der Waals surface area (Å²) in [5.74, 6) is -0.295. The summed E-state index contributed by atoms with van der Waals surface area (Å²) >= 11 is 5.85. The summed E-state index contributed by atoms with van der Waals surface area (Å²) in [6.45, 7) is 4.02. The monoisotopic (exact) mass is 385 g/mol. The molecule has 1 N–H and O–H groups in total. The standard InChI is InChI=1S/C19H20ClN5O2/c1-12-19(13(2)24(3)22-12)16-8-9-18(27)25(23-16)11-17(26)21-10-14-4-6-15(20)7-5-14/h4-9H,10-11H2,1-3H3,(H,21,26). The largest absolute Gasteiger partial charge is 0.350 e. The zero-order valence-corrected chi connectivity index (χ0v) is 16.1. The van der Waals surface area contributed by atoms with E-state index in [-0.39, 0.29) is 18.0 Å². The number of carbonyl (C=O) groups is 1. The molecule has 27 heavy (non-hydrogen) atoms. The van der Waals surface area contributed by atoms with E-state index in [9.17, 15) is 9.59 Å². The molecular weight excluding hydrogens is 366 g/mol. The molecule has 2 heterocycles. The Bertz CT molecular complexity index is 1040. The number of hydrogen-bond acceptors (Lipinski definition) is 4. The van der Waals surface area contributed by atoms with E-state index in [0.29, 0.717) is 17.3 Å². The van der Waals surface area contributed by atoms with Crippen LogP contribution in [-0.4, -0.2) is 25.5 Å². The van der Waals surface area contributed by atoms with Crippen molar-refractivity contribution in [3.05, 3.63) is 68.7 Å². The normalized spacial score (nSPS) is 10.8. The molecule has 0 fully saturated rings. The van der Waals surface area contributed by atoms with Gasteiger partial charge in [0, 0.05) is 35.9 Å². The number of hydrogen-bond donors (Lipinski definition) is 1. The fraction of sp³-hybridized carbons (Fsp3) is 0.263. The number of nitrogens with one attached hydrogen (secondary N) is 1. The quantitative estimate of drug-likeness (QED) is 0.730. The van der Waals surface area contributed by atoms with Gasteiger partial charge in [0.15, 0.2) is 0 Å². The molecule has 0 aliphatic heterocycles. The molecule has 8 heteroatoms. The maximum atomic E-state index is 12.2. The van der Waals surface area contributed by atoms with E-state index in [0.717, 1.165) is 22.5 Å². The maximum Gasteiger partial charge on any atom is 0.267 e. The van der Waals surface area contributed by atoms with Gasteiger partial charge in [0.25, 0.3) is 5.56 Å². The van der Waals surface area contributed by atoms with Crippen LogP contribution < -0.4 is 10.9 Å². The van der Waals surface area contributed by atoms with E-state index in [1.165, 1.54) is 10.7 Å². The minimum atomic E-state index is -0.334. The van der Waals surface area contributed by atoms with Crippen LogP contribution in [0.3, 0.4) is 0 Å². The first kappa shape index (κ1) is 18.8. The van der Waals surface area contributed by atoms with Crippen molar-refractivity contribution in [1.82, 2.24) is 24.9 Å². The summed E-state index contributed by atoms with van der Waals surface area (Å²) in [5, 5.41) is 12.1. The zero-order valence-electron chi connectivity index (χ0n) is 15.4. The van der Waals surface area contributed by atoms with Crippen LogP contribution in [0.1, 0.15) is 17.0 Å². The van der Waals surface area contributed by atoms with Crippen LogP contribution in [0.15, 0.2) is 41.2 Å². The predicted molar refractivity (Wildman–Crippen MR) is 103 cm³/mol. The van der Waals surface area contributed by atoms with Crippen molar-refractivity contribution in [3.63, 3.8) is 0 Å². The van der Waals surface area contributed by atoms with E-state index in [4.69, 9.17) is 11.6 Å². The third-order valence-corrected chi connectivity index (χ3v) is 4.58. The van der Waals surface area contributed by atoms with Gasteiger partial charge in [0.2, 0.25) is 5.91 Å². The maximum absolute atomic E-state index is 12.2. The fourth-order valence-electron chi connectivity index (χ4n) is 2.83. The van der Waals surface area contributed by atoms with E-state index in [2.05, 4.69) is 15.5 Å². The van der Waals surface area contributed by atoms with Crippen LogP contribution >= 0.6 is 11.6 Å². The van der Waals surface area contributed by atoms with Crippen molar-refractivity contribution in [2.75, 3.05) is 0 Å². The molecule has 7 nitrogen and oxygen atoms in total. The Balaban J connectivity index is 1.75. The summed E-state index contributed by atoms with van der Waals surface area (Å²) in [6, 6.07) is 10.3. The lowest BCUT2D eigenvalue weighted by atomic mass is 10.1. The summed E-state index contributed by atoms with van der Waals surface area (Å²) in [7, 11) is 1.85. The molecule has 0 unspecified atom stereocenters. The van der Waals surface area contributed by atoms with Gasteiger partial charge in [0.1, 0.15) is 6.54 Å². The smallest absolute Gasteiger partial charge is 0.267 e. The average molecular weight is 386 g/mol. The van der Waals surface area contributed by atoms with Gasteiger partial charge in [-0.2, -0.15) is 10.2 Å². The number of nitrogens with zero attached hydrogens (tertiary/aromatic N) is 4. The third kappa shape index (κ3) is 4.25. The minimum absolute atomic E-state index is 0.154. The van der Waals surface area contributed by atoms with Gasteiger partial charge >= 0.3 is 0 Å². The van der Waals surface area contributed by atoms with Gasteiger partial charge in [-0.15, -0.1) is 0 Å². The van der Waals surface area contributed by atoms with E-state index in [1.54, 1.807) is 22.9 Å². The van der Waals surface area contributed by atoms with Gasteiger partial charge in [-0.05, 0) is 37.6 Å². The molecule has 1 amide bonds. The fourth-order valence-corrected chi connectivity index (χ4v) is 2.96. The number of halogens is 1. The molecular formula is C19H20ClN5O2. The van der Waals surface area contributed by atoms with Crippen LogP contribution in [-0.2, 0) is 24.9 Å². The van der Waals surface area contributed by atoms with E-state index >= 15 is 0 Å². The second kappa shape index (κ2) is 7.75. The Morgan fingerprint density at radius 2 is 1.81 bits per heavy atom. The topological polar surface area (TPSA) is 81.8 Å². The molecule has 3 aromatic rings. The van der Waals surface area contributed by atoms with Crippen molar-refractivity contribution in [1.29, 1.82) is 0 Å². The molecule has 0 spiro atoms. The first-order chi connectivity index (χ1) is 12.8. The molecule has 0 radical (unpaired) electrons. The lowest BCUT2D eigenvalue weighted by Crippen LogP contribution is -2.33. The van der Waals surface area contributed by atoms with E-state index in [1.807, 2.05) is 33.0 Å². The van der Waals surface area contributed by atoms with Gasteiger partial charge in [-0.1, -0.05) is 23.7 Å². The molecule has 140 valence electrons. The van der Waals surface area contributed by atoms with Crippen molar-refractivity contribution in [2.24, 2.45) is 7.05 Å². The highest BCUT2D eigenvalue weighted by Crippen LogP contribution is 2.23. The molecule has 0 atom stereocenters. The molecule has 0 aliphatic carbocycles. The zero-order chi connectivity index (χ0) is 19.6. The van der Waals surface area contributed by atoms with Gasteiger partial charge in [0.05, 0.1) is 11.4 Å². The summed E-state index contributed by atoms with van der Waals surface area (Å²) < 4.78 is 2.93. The molecule has 0 saturated carbocycles. The lowest BCUT2D eigenvalue weighted by molar-refractivity contribution is -0.122. The van der Waals surface area contributed by atoms with Gasteiger partial charge in [-0.25, -0.2) is 4.68 Å². The molecule has 0 bridgehead atoms. The molecule has 3 rings (SSSR count). The van der Waals surface area contributed by atoms with Crippen LogP contribution in [0.25, 0.3) is 11.3 Å². The second-order valence-electron chi connectivity index (χ2n) is 6.29. The van der Waals surface area contributed by atoms with Crippen molar-refractivity contribution >= 4 is 17.5 Å². The van der Waals surface area contributed by atoms with Crippen molar-refractivity contribution in [2.45, 2.75) is 26.9 Å². The number of aryl methyl sites for hydroxylation is 2. The number of benzene rings is 1. The molecule has 1 aromatic carbocycles. The molecule has 0 aliphatic rings. The third-order valence-electron chi connectivity index (χ3n) is 4.33. The number of aromatic nitrogens is 4. The van der Waals surface area contributed by atoms with Crippen molar-refractivity contribution in [3.8, 4) is 11.3 Å². The lowest BCUT2D eigenvalue weighted by Gasteiger charge is -2.09. The Kier molecular flexibility index (Phi) is 5.41. The molecule has 2 aromatic heterocycles. The SMILES string of the molecule is Cc1nn(C)c(C)c1-c1ccc(=O)n(CC(=O)NCc2ccc(Cl)cc2)n1.